The van der Waals surface area contributed by atoms with Gasteiger partial charge in [-0.25, -0.2) is 0 Å². The molecule has 6 nitrogen and oxygen atoms in total. The van der Waals surface area contributed by atoms with Gasteiger partial charge in [0.15, 0.2) is 5.75 Å². The SMILES string of the molecule is CN=C(C)N(C)c1ccc(NC(=O)c2cc(Cl)cc(Br)c2OC(C)=O)cc1. The number of carbonyl (C=O) groups excluding carboxylic acids is 2. The molecule has 0 aliphatic rings. The van der Waals surface area contributed by atoms with E-state index in [-0.39, 0.29) is 11.3 Å². The fourth-order valence-corrected chi connectivity index (χ4v) is 3.17. The van der Waals surface area contributed by atoms with Gasteiger partial charge < -0.3 is 15.0 Å². The van der Waals surface area contributed by atoms with Crippen molar-refractivity contribution in [2.24, 2.45) is 4.99 Å². The topological polar surface area (TPSA) is 71.0 Å². The van der Waals surface area contributed by atoms with E-state index in [1.807, 2.05) is 31.0 Å². The minimum absolute atomic E-state index is 0.121. The van der Waals surface area contributed by atoms with Crippen molar-refractivity contribution in [3.63, 3.8) is 0 Å². The van der Waals surface area contributed by atoms with E-state index in [4.69, 9.17) is 16.3 Å². The van der Waals surface area contributed by atoms with E-state index in [0.29, 0.717) is 15.2 Å². The van der Waals surface area contributed by atoms with Crippen LogP contribution >= 0.6 is 27.5 Å². The van der Waals surface area contributed by atoms with Crippen LogP contribution in [0.5, 0.6) is 5.75 Å². The molecule has 0 atom stereocenters. The summed E-state index contributed by atoms with van der Waals surface area (Å²) in [6.45, 7) is 3.17. The number of rotatable bonds is 4. The number of amidine groups is 1. The first kappa shape index (κ1) is 20.9. The van der Waals surface area contributed by atoms with E-state index in [9.17, 15) is 9.59 Å². The maximum atomic E-state index is 12.7. The van der Waals surface area contributed by atoms with E-state index in [1.165, 1.54) is 13.0 Å². The summed E-state index contributed by atoms with van der Waals surface area (Å²) >= 11 is 9.31. The summed E-state index contributed by atoms with van der Waals surface area (Å²) in [4.78, 5) is 30.1. The number of hydrogen-bond donors (Lipinski definition) is 1. The van der Waals surface area contributed by atoms with Crippen molar-refractivity contribution >= 4 is 56.6 Å². The summed E-state index contributed by atoms with van der Waals surface area (Å²) < 4.78 is 5.57. The molecule has 0 bridgehead atoms. The second-order valence-electron chi connectivity index (χ2n) is 5.69. The molecule has 0 saturated heterocycles. The Balaban J connectivity index is 2.26. The lowest BCUT2D eigenvalue weighted by Gasteiger charge is -2.19. The van der Waals surface area contributed by atoms with Crippen molar-refractivity contribution < 1.29 is 14.3 Å². The molecule has 27 heavy (non-hydrogen) atoms. The lowest BCUT2D eigenvalue weighted by Crippen LogP contribution is -2.23. The zero-order chi connectivity index (χ0) is 20.1. The third-order valence-corrected chi connectivity index (χ3v) is 4.63. The van der Waals surface area contributed by atoms with Crippen LogP contribution in [-0.4, -0.2) is 31.8 Å². The molecular weight excluding hydrogens is 434 g/mol. The number of esters is 1. The molecule has 8 heteroatoms. The van der Waals surface area contributed by atoms with Crippen molar-refractivity contribution in [3.05, 3.63) is 51.5 Å². The molecule has 0 heterocycles. The molecule has 0 spiro atoms. The first-order valence-electron chi connectivity index (χ1n) is 7.99. The van der Waals surface area contributed by atoms with E-state index in [0.717, 1.165) is 11.5 Å². The van der Waals surface area contributed by atoms with E-state index >= 15 is 0 Å². The monoisotopic (exact) mass is 451 g/mol. The molecule has 2 aromatic rings. The average Bonchev–Trinajstić information content (AvgIpc) is 2.62. The number of amides is 1. The van der Waals surface area contributed by atoms with Crippen molar-refractivity contribution in [2.75, 3.05) is 24.3 Å². The predicted molar refractivity (Wildman–Crippen MR) is 112 cm³/mol. The highest BCUT2D eigenvalue weighted by atomic mass is 79.9. The van der Waals surface area contributed by atoms with Gasteiger partial charge >= 0.3 is 5.97 Å². The Morgan fingerprint density at radius 2 is 1.81 bits per heavy atom. The van der Waals surface area contributed by atoms with Gasteiger partial charge in [-0.2, -0.15) is 0 Å². The second kappa shape index (κ2) is 9.01. The summed E-state index contributed by atoms with van der Waals surface area (Å²) in [6, 6.07) is 10.3. The first-order valence-corrected chi connectivity index (χ1v) is 9.16. The number of hydrogen-bond acceptors (Lipinski definition) is 4. The first-order chi connectivity index (χ1) is 12.7. The summed E-state index contributed by atoms with van der Waals surface area (Å²) in [5, 5.41) is 3.12. The fraction of sp³-hybridized carbons (Fsp3) is 0.211. The van der Waals surface area contributed by atoms with Gasteiger partial charge in [-0.3, -0.25) is 14.6 Å². The van der Waals surface area contributed by atoms with Crippen LogP contribution in [0.25, 0.3) is 0 Å². The highest BCUT2D eigenvalue weighted by Gasteiger charge is 2.19. The number of nitrogens with one attached hydrogen (secondary N) is 1. The Kier molecular flexibility index (Phi) is 6.98. The molecule has 0 radical (unpaired) electrons. The van der Waals surface area contributed by atoms with Crippen molar-refractivity contribution in [2.45, 2.75) is 13.8 Å². The number of halogens is 2. The molecule has 0 unspecified atom stereocenters. The van der Waals surface area contributed by atoms with Crippen LogP contribution in [0.2, 0.25) is 5.02 Å². The number of aliphatic imine (C=N–C) groups is 1. The van der Waals surface area contributed by atoms with Gasteiger partial charge in [-0.15, -0.1) is 0 Å². The minimum atomic E-state index is -0.535. The van der Waals surface area contributed by atoms with E-state index in [2.05, 4.69) is 26.2 Å². The lowest BCUT2D eigenvalue weighted by atomic mass is 10.1. The van der Waals surface area contributed by atoms with Gasteiger partial charge in [-0.05, 0) is 59.3 Å². The third kappa shape index (κ3) is 5.30. The molecule has 0 aromatic heterocycles. The molecule has 1 N–H and O–H groups in total. The highest BCUT2D eigenvalue weighted by Crippen LogP contribution is 2.33. The molecule has 0 saturated carbocycles. The molecular formula is C19H19BrClN3O3. The molecule has 0 aliphatic heterocycles. The molecule has 1 amide bonds. The Morgan fingerprint density at radius 3 is 2.37 bits per heavy atom. The number of carbonyl (C=O) groups is 2. The number of anilines is 2. The van der Waals surface area contributed by atoms with Crippen LogP contribution in [0.15, 0.2) is 45.9 Å². The molecule has 142 valence electrons. The summed E-state index contributed by atoms with van der Waals surface area (Å²) in [5.74, 6) is 0.00592. The Morgan fingerprint density at radius 1 is 1.19 bits per heavy atom. The maximum absolute atomic E-state index is 12.7. The number of benzene rings is 2. The van der Waals surface area contributed by atoms with Gasteiger partial charge in [0.25, 0.3) is 5.91 Å². The van der Waals surface area contributed by atoms with E-state index in [1.54, 1.807) is 25.2 Å². The number of ether oxygens (including phenoxy) is 1. The van der Waals surface area contributed by atoms with Crippen molar-refractivity contribution in [3.8, 4) is 5.75 Å². The quantitative estimate of drug-likeness (QED) is 0.314. The van der Waals surface area contributed by atoms with Crippen molar-refractivity contribution in [1.82, 2.24) is 0 Å². The normalized spacial score (nSPS) is 11.1. The van der Waals surface area contributed by atoms with Crippen molar-refractivity contribution in [1.29, 1.82) is 0 Å². The molecule has 0 aliphatic carbocycles. The third-order valence-electron chi connectivity index (χ3n) is 3.82. The zero-order valence-corrected chi connectivity index (χ0v) is 17.7. The van der Waals surface area contributed by atoms with Crippen LogP contribution < -0.4 is 15.0 Å². The van der Waals surface area contributed by atoms with Crippen LogP contribution in [0.4, 0.5) is 11.4 Å². The van der Waals surface area contributed by atoms with Gasteiger partial charge in [0.2, 0.25) is 0 Å². The van der Waals surface area contributed by atoms with Crippen LogP contribution in [0, 0.1) is 0 Å². The zero-order valence-electron chi connectivity index (χ0n) is 15.3. The fourth-order valence-electron chi connectivity index (χ4n) is 2.28. The second-order valence-corrected chi connectivity index (χ2v) is 6.98. The highest BCUT2D eigenvalue weighted by molar-refractivity contribution is 9.10. The largest absolute Gasteiger partial charge is 0.425 e. The Bertz CT molecular complexity index is 898. The van der Waals surface area contributed by atoms with Gasteiger partial charge in [-0.1, -0.05) is 11.6 Å². The van der Waals surface area contributed by atoms with Gasteiger partial charge in [0, 0.05) is 37.4 Å². The Hall–Kier alpha value is -2.38. The average molecular weight is 453 g/mol. The smallest absolute Gasteiger partial charge is 0.308 e. The minimum Gasteiger partial charge on any atom is -0.425 e. The maximum Gasteiger partial charge on any atom is 0.308 e. The van der Waals surface area contributed by atoms with E-state index < -0.39 is 11.9 Å². The van der Waals surface area contributed by atoms with Crippen LogP contribution in [0.3, 0.4) is 0 Å². The molecule has 2 rings (SSSR count). The van der Waals surface area contributed by atoms with Crippen LogP contribution in [0.1, 0.15) is 24.2 Å². The standard InChI is InChI=1S/C19H19BrClN3O3/c1-11(22-3)24(4)15-7-5-14(6-8-15)23-19(26)16-9-13(21)10-17(20)18(16)27-12(2)25/h5-10H,1-4H3,(H,23,26). The Labute approximate surface area is 171 Å². The molecule has 0 fully saturated rings. The predicted octanol–water partition coefficient (Wildman–Crippen LogP) is 4.76. The van der Waals surface area contributed by atoms with Crippen LogP contribution in [-0.2, 0) is 4.79 Å². The summed E-state index contributed by atoms with van der Waals surface area (Å²) in [7, 11) is 3.63. The lowest BCUT2D eigenvalue weighted by molar-refractivity contribution is -0.131. The number of nitrogens with zero attached hydrogens (tertiary/aromatic N) is 2. The van der Waals surface area contributed by atoms with Gasteiger partial charge in [0.1, 0.15) is 0 Å². The van der Waals surface area contributed by atoms with Gasteiger partial charge in [0.05, 0.1) is 15.9 Å². The molecule has 2 aromatic carbocycles. The summed E-state index contributed by atoms with van der Waals surface area (Å²) in [6.07, 6.45) is 0. The summed E-state index contributed by atoms with van der Waals surface area (Å²) in [5.41, 5.74) is 1.68.